The number of ether oxygens (including phenoxy) is 5. The molecule has 0 saturated heterocycles. The van der Waals surface area contributed by atoms with Crippen molar-refractivity contribution in [2.75, 3.05) is 52.9 Å². The molecule has 0 saturated carbocycles. The smallest absolute Gasteiger partial charge is 0.305 e. The summed E-state index contributed by atoms with van der Waals surface area (Å²) in [4.78, 5) is 23.0. The number of carbonyl (C=O) groups is 2. The zero-order valence-electron chi connectivity index (χ0n) is 19.3. The van der Waals surface area contributed by atoms with E-state index < -0.39 is 0 Å². The van der Waals surface area contributed by atoms with Crippen molar-refractivity contribution in [3.8, 4) is 0 Å². The first-order valence-electron chi connectivity index (χ1n) is 11.7. The molecule has 0 rings (SSSR count). The largest absolute Gasteiger partial charge is 0.463 e. The molecule has 0 heterocycles. The van der Waals surface area contributed by atoms with Crippen molar-refractivity contribution in [2.24, 2.45) is 0 Å². The van der Waals surface area contributed by atoms with E-state index in [0.717, 1.165) is 38.5 Å². The molecule has 7 nitrogen and oxygen atoms in total. The molecule has 0 aliphatic rings. The Morgan fingerprint density at radius 2 is 0.800 bits per heavy atom. The van der Waals surface area contributed by atoms with Gasteiger partial charge in [-0.1, -0.05) is 58.8 Å². The highest BCUT2D eigenvalue weighted by Crippen LogP contribution is 2.05. The maximum Gasteiger partial charge on any atom is 0.305 e. The minimum absolute atomic E-state index is 0.148. The third kappa shape index (κ3) is 23.1. The minimum Gasteiger partial charge on any atom is -0.463 e. The number of rotatable bonds is 23. The molecule has 0 aromatic heterocycles. The normalized spacial score (nSPS) is 10.9. The Kier molecular flexibility index (Phi) is 23.1. The fourth-order valence-electron chi connectivity index (χ4n) is 2.68. The van der Waals surface area contributed by atoms with Gasteiger partial charge in [-0.05, 0) is 12.8 Å². The van der Waals surface area contributed by atoms with Crippen LogP contribution >= 0.6 is 0 Å². The van der Waals surface area contributed by atoms with Crippen molar-refractivity contribution >= 4 is 11.9 Å². The van der Waals surface area contributed by atoms with E-state index in [-0.39, 0.29) is 25.2 Å². The van der Waals surface area contributed by atoms with Gasteiger partial charge in [-0.15, -0.1) is 0 Å². The molecule has 0 amide bonds. The van der Waals surface area contributed by atoms with E-state index in [1.54, 1.807) is 0 Å². The first-order chi connectivity index (χ1) is 14.7. The number of unbranched alkanes of at least 4 members (excludes halogenated alkanes) is 7. The van der Waals surface area contributed by atoms with E-state index in [0.29, 0.717) is 52.5 Å². The Morgan fingerprint density at radius 3 is 1.20 bits per heavy atom. The Hall–Kier alpha value is -1.18. The van der Waals surface area contributed by atoms with Gasteiger partial charge >= 0.3 is 11.9 Å². The molecule has 0 aliphatic heterocycles. The van der Waals surface area contributed by atoms with Crippen molar-refractivity contribution in [2.45, 2.75) is 84.5 Å². The lowest BCUT2D eigenvalue weighted by Gasteiger charge is -2.08. The molecule has 0 atom stereocenters. The summed E-state index contributed by atoms with van der Waals surface area (Å²) in [5.41, 5.74) is 0. The summed E-state index contributed by atoms with van der Waals surface area (Å²) < 4.78 is 26.3. The zero-order chi connectivity index (χ0) is 22.1. The Bertz CT molecular complexity index is 388. The average molecular weight is 433 g/mol. The van der Waals surface area contributed by atoms with Crippen LogP contribution in [0.2, 0.25) is 0 Å². The molecular formula is C23H44O7. The van der Waals surface area contributed by atoms with E-state index in [2.05, 4.69) is 13.8 Å². The lowest BCUT2D eigenvalue weighted by molar-refractivity contribution is -0.146. The highest BCUT2D eigenvalue weighted by atomic mass is 16.6. The second-order valence-corrected chi connectivity index (χ2v) is 7.25. The molecule has 30 heavy (non-hydrogen) atoms. The number of esters is 2. The first-order valence-corrected chi connectivity index (χ1v) is 11.7. The van der Waals surface area contributed by atoms with Crippen LogP contribution in [0.15, 0.2) is 0 Å². The van der Waals surface area contributed by atoms with Crippen LogP contribution in [-0.4, -0.2) is 64.8 Å². The number of hydrogen-bond acceptors (Lipinski definition) is 7. The van der Waals surface area contributed by atoms with Crippen LogP contribution in [0.25, 0.3) is 0 Å². The highest BCUT2D eigenvalue weighted by molar-refractivity contribution is 5.69. The third-order valence-corrected chi connectivity index (χ3v) is 4.44. The van der Waals surface area contributed by atoms with Crippen LogP contribution in [0.1, 0.15) is 84.5 Å². The van der Waals surface area contributed by atoms with Gasteiger partial charge in [0.25, 0.3) is 0 Å². The molecular weight excluding hydrogens is 388 g/mol. The molecule has 0 bridgehead atoms. The molecule has 0 N–H and O–H groups in total. The summed E-state index contributed by atoms with van der Waals surface area (Å²) in [5.74, 6) is -0.300. The summed E-state index contributed by atoms with van der Waals surface area (Å²) >= 11 is 0. The summed E-state index contributed by atoms with van der Waals surface area (Å²) in [7, 11) is 0. The standard InChI is InChI=1S/C23H44O7/c1-3-5-7-9-11-13-23(25)30-21-19-28-17-15-26-14-16-27-18-20-29-22(24)12-10-8-6-4-2/h3-21H2,1-2H3. The fourth-order valence-corrected chi connectivity index (χ4v) is 2.68. The van der Waals surface area contributed by atoms with Gasteiger partial charge in [-0.25, -0.2) is 0 Å². The molecule has 0 fully saturated rings. The van der Waals surface area contributed by atoms with Gasteiger partial charge < -0.3 is 23.7 Å². The van der Waals surface area contributed by atoms with Crippen LogP contribution in [0.3, 0.4) is 0 Å². The average Bonchev–Trinajstić information content (AvgIpc) is 2.74. The van der Waals surface area contributed by atoms with E-state index in [1.807, 2.05) is 0 Å². The maximum absolute atomic E-state index is 11.5. The molecule has 178 valence electrons. The van der Waals surface area contributed by atoms with Gasteiger partial charge in [-0.3, -0.25) is 9.59 Å². The number of hydrogen-bond donors (Lipinski definition) is 0. The van der Waals surface area contributed by atoms with Crippen molar-refractivity contribution in [1.29, 1.82) is 0 Å². The zero-order valence-corrected chi connectivity index (χ0v) is 19.3. The Labute approximate surface area is 183 Å². The van der Waals surface area contributed by atoms with Crippen LogP contribution in [0.5, 0.6) is 0 Å². The molecule has 0 aromatic rings. The second kappa shape index (κ2) is 24.1. The number of carbonyl (C=O) groups excluding carboxylic acids is 2. The third-order valence-electron chi connectivity index (χ3n) is 4.44. The fraction of sp³-hybridized carbons (Fsp3) is 0.913. The van der Waals surface area contributed by atoms with Gasteiger partial charge in [0.05, 0.1) is 39.6 Å². The Morgan fingerprint density at radius 1 is 0.467 bits per heavy atom. The maximum atomic E-state index is 11.5. The summed E-state index contributed by atoms with van der Waals surface area (Å²) in [5, 5.41) is 0. The van der Waals surface area contributed by atoms with Crippen molar-refractivity contribution in [1.82, 2.24) is 0 Å². The minimum atomic E-state index is -0.152. The van der Waals surface area contributed by atoms with Crippen molar-refractivity contribution in [3.05, 3.63) is 0 Å². The predicted molar refractivity (Wildman–Crippen MR) is 117 cm³/mol. The van der Waals surface area contributed by atoms with Gasteiger partial charge in [0.2, 0.25) is 0 Å². The highest BCUT2D eigenvalue weighted by Gasteiger charge is 2.03. The van der Waals surface area contributed by atoms with E-state index in [9.17, 15) is 9.59 Å². The van der Waals surface area contributed by atoms with E-state index >= 15 is 0 Å². The van der Waals surface area contributed by atoms with Crippen LogP contribution < -0.4 is 0 Å². The van der Waals surface area contributed by atoms with Crippen LogP contribution in [-0.2, 0) is 33.3 Å². The summed E-state index contributed by atoms with van der Waals surface area (Å²) in [6, 6.07) is 0. The molecule has 0 unspecified atom stereocenters. The lowest BCUT2D eigenvalue weighted by Crippen LogP contribution is -2.15. The summed E-state index contributed by atoms with van der Waals surface area (Å²) in [6.45, 7) is 7.46. The summed E-state index contributed by atoms with van der Waals surface area (Å²) in [6.07, 6.45) is 10.9. The van der Waals surface area contributed by atoms with Gasteiger partial charge in [0, 0.05) is 12.8 Å². The molecule has 0 radical (unpaired) electrons. The monoisotopic (exact) mass is 432 g/mol. The van der Waals surface area contributed by atoms with Gasteiger partial charge in [0.1, 0.15) is 13.2 Å². The van der Waals surface area contributed by atoms with Gasteiger partial charge in [0.15, 0.2) is 0 Å². The quantitative estimate of drug-likeness (QED) is 0.174. The Balaban J connectivity index is 3.19. The van der Waals surface area contributed by atoms with Crippen LogP contribution in [0.4, 0.5) is 0 Å². The molecule has 0 aliphatic carbocycles. The van der Waals surface area contributed by atoms with E-state index in [4.69, 9.17) is 23.7 Å². The SMILES string of the molecule is CCCCCCCC(=O)OCCOCCOCCOCCOC(=O)CCCCCC. The molecule has 7 heteroatoms. The van der Waals surface area contributed by atoms with E-state index in [1.165, 1.54) is 19.3 Å². The van der Waals surface area contributed by atoms with Crippen LogP contribution in [0, 0.1) is 0 Å². The first kappa shape index (κ1) is 28.8. The molecule has 0 spiro atoms. The topological polar surface area (TPSA) is 80.3 Å². The van der Waals surface area contributed by atoms with Crippen molar-refractivity contribution < 1.29 is 33.3 Å². The van der Waals surface area contributed by atoms with Crippen molar-refractivity contribution in [3.63, 3.8) is 0 Å². The predicted octanol–water partition coefficient (Wildman–Crippen LogP) is 4.45. The second-order valence-electron chi connectivity index (χ2n) is 7.25. The molecule has 0 aromatic carbocycles. The lowest BCUT2D eigenvalue weighted by atomic mass is 10.1. The van der Waals surface area contributed by atoms with Gasteiger partial charge in [-0.2, -0.15) is 0 Å².